The Morgan fingerprint density at radius 3 is 2.38 bits per heavy atom. The summed E-state index contributed by atoms with van der Waals surface area (Å²) in [5.41, 5.74) is 1.82. The van der Waals surface area contributed by atoms with Gasteiger partial charge in [-0.25, -0.2) is 4.79 Å². The van der Waals surface area contributed by atoms with Gasteiger partial charge in [-0.2, -0.15) is 0 Å². The average molecular weight is 325 g/mol. The Hall–Kier alpha value is -1.75. The Kier molecular flexibility index (Phi) is 5.07. The van der Waals surface area contributed by atoms with Gasteiger partial charge < -0.3 is 15.7 Å². The third kappa shape index (κ3) is 4.11. The van der Waals surface area contributed by atoms with Crippen molar-refractivity contribution in [3.05, 3.63) is 58.1 Å². The van der Waals surface area contributed by atoms with Crippen molar-refractivity contribution in [1.29, 1.82) is 0 Å². The van der Waals surface area contributed by atoms with Gasteiger partial charge in [0.2, 0.25) is 0 Å². The molecule has 4 nitrogen and oxygen atoms in total. The molecule has 3 N–H and O–H groups in total. The molecule has 1 atom stereocenters. The van der Waals surface area contributed by atoms with Crippen LogP contribution in [0.5, 0.6) is 0 Å². The minimum absolute atomic E-state index is 0.291. The summed E-state index contributed by atoms with van der Waals surface area (Å²) in [6.45, 7) is 1.68. The number of aliphatic hydroxyl groups is 1. The minimum Gasteiger partial charge on any atom is -0.389 e. The monoisotopic (exact) mass is 324 g/mol. The Bertz CT molecular complexity index is 643. The molecule has 21 heavy (non-hydrogen) atoms. The number of carbonyl (C=O) groups is 1. The Labute approximate surface area is 132 Å². The maximum absolute atomic E-state index is 11.9. The number of hydrogen-bond acceptors (Lipinski definition) is 2. The number of rotatable bonds is 3. The Morgan fingerprint density at radius 1 is 1.10 bits per heavy atom. The molecule has 2 aromatic carbocycles. The zero-order valence-corrected chi connectivity index (χ0v) is 12.7. The van der Waals surface area contributed by atoms with Gasteiger partial charge in [0.25, 0.3) is 0 Å². The number of carbonyl (C=O) groups excluding carboxylic acids is 1. The van der Waals surface area contributed by atoms with Crippen LogP contribution in [0.3, 0.4) is 0 Å². The van der Waals surface area contributed by atoms with Gasteiger partial charge in [0.1, 0.15) is 0 Å². The van der Waals surface area contributed by atoms with Gasteiger partial charge in [0.15, 0.2) is 0 Å². The molecule has 0 bridgehead atoms. The molecular formula is C15H14Cl2N2O2. The van der Waals surface area contributed by atoms with Crippen LogP contribution >= 0.6 is 23.2 Å². The summed E-state index contributed by atoms with van der Waals surface area (Å²) in [6.07, 6.45) is -0.543. The van der Waals surface area contributed by atoms with E-state index in [0.29, 0.717) is 21.4 Å². The highest BCUT2D eigenvalue weighted by molar-refractivity contribution is 6.44. The van der Waals surface area contributed by atoms with E-state index in [9.17, 15) is 9.90 Å². The highest BCUT2D eigenvalue weighted by atomic mass is 35.5. The van der Waals surface area contributed by atoms with Crippen molar-refractivity contribution in [2.24, 2.45) is 0 Å². The van der Waals surface area contributed by atoms with Crippen molar-refractivity contribution in [3.8, 4) is 0 Å². The van der Waals surface area contributed by atoms with Crippen LogP contribution < -0.4 is 10.6 Å². The quantitative estimate of drug-likeness (QED) is 0.766. The smallest absolute Gasteiger partial charge is 0.323 e. The van der Waals surface area contributed by atoms with Gasteiger partial charge >= 0.3 is 6.03 Å². The topological polar surface area (TPSA) is 61.4 Å². The van der Waals surface area contributed by atoms with Crippen molar-refractivity contribution in [1.82, 2.24) is 0 Å². The highest BCUT2D eigenvalue weighted by Gasteiger charge is 2.08. The van der Waals surface area contributed by atoms with Crippen LogP contribution in [0, 0.1) is 0 Å². The lowest BCUT2D eigenvalue weighted by molar-refractivity contribution is 0.199. The van der Waals surface area contributed by atoms with E-state index in [1.54, 1.807) is 49.4 Å². The molecule has 1 unspecified atom stereocenters. The molecule has 0 spiro atoms. The van der Waals surface area contributed by atoms with Gasteiger partial charge in [-0.1, -0.05) is 41.4 Å². The van der Waals surface area contributed by atoms with E-state index < -0.39 is 12.1 Å². The molecule has 0 aliphatic rings. The normalized spacial score (nSPS) is 11.8. The van der Waals surface area contributed by atoms with Gasteiger partial charge in [-0.3, -0.25) is 0 Å². The predicted octanol–water partition coefficient (Wildman–Crippen LogP) is 4.69. The van der Waals surface area contributed by atoms with Crippen molar-refractivity contribution >= 4 is 40.6 Å². The average Bonchev–Trinajstić information content (AvgIpc) is 2.44. The van der Waals surface area contributed by atoms with Crippen LogP contribution in [-0.4, -0.2) is 11.1 Å². The second-order valence-electron chi connectivity index (χ2n) is 4.48. The standard InChI is InChI=1S/C15H14Cl2N2O2/c1-9(20)10-5-7-11(8-6-10)18-15(21)19-13-4-2-3-12(16)14(13)17/h2-9,20H,1H3,(H2,18,19,21). The largest absolute Gasteiger partial charge is 0.389 e. The van der Waals surface area contributed by atoms with E-state index in [-0.39, 0.29) is 0 Å². The minimum atomic E-state index is -0.543. The maximum atomic E-state index is 11.9. The number of aliphatic hydroxyl groups excluding tert-OH is 1. The molecule has 6 heteroatoms. The Morgan fingerprint density at radius 2 is 1.76 bits per heavy atom. The second kappa shape index (κ2) is 6.80. The first-order valence-electron chi connectivity index (χ1n) is 6.27. The zero-order chi connectivity index (χ0) is 15.4. The maximum Gasteiger partial charge on any atom is 0.323 e. The van der Waals surface area contributed by atoms with E-state index in [1.807, 2.05) is 0 Å². The molecule has 0 aliphatic carbocycles. The van der Waals surface area contributed by atoms with Crippen molar-refractivity contribution in [2.75, 3.05) is 10.6 Å². The molecule has 0 radical (unpaired) electrons. The third-order valence-corrected chi connectivity index (χ3v) is 3.67. The first-order chi connectivity index (χ1) is 9.97. The van der Waals surface area contributed by atoms with E-state index >= 15 is 0 Å². The second-order valence-corrected chi connectivity index (χ2v) is 5.26. The highest BCUT2D eigenvalue weighted by Crippen LogP contribution is 2.29. The van der Waals surface area contributed by atoms with Crippen molar-refractivity contribution in [3.63, 3.8) is 0 Å². The number of amides is 2. The fraction of sp³-hybridized carbons (Fsp3) is 0.133. The summed E-state index contributed by atoms with van der Waals surface area (Å²) in [6, 6.07) is 11.5. The molecular weight excluding hydrogens is 311 g/mol. The van der Waals surface area contributed by atoms with Crippen molar-refractivity contribution in [2.45, 2.75) is 13.0 Å². The lowest BCUT2D eigenvalue weighted by atomic mass is 10.1. The van der Waals surface area contributed by atoms with E-state index in [2.05, 4.69) is 10.6 Å². The van der Waals surface area contributed by atoms with Gasteiger partial charge in [0, 0.05) is 5.69 Å². The lowest BCUT2D eigenvalue weighted by Crippen LogP contribution is -2.19. The summed E-state index contributed by atoms with van der Waals surface area (Å²) in [4.78, 5) is 11.9. The van der Waals surface area contributed by atoms with Crippen LogP contribution in [0.4, 0.5) is 16.2 Å². The molecule has 0 aliphatic heterocycles. The summed E-state index contributed by atoms with van der Waals surface area (Å²) < 4.78 is 0. The van der Waals surface area contributed by atoms with Crippen LogP contribution in [0.15, 0.2) is 42.5 Å². The molecule has 2 amide bonds. The number of halogens is 2. The summed E-state index contributed by atoms with van der Waals surface area (Å²) >= 11 is 11.9. The van der Waals surface area contributed by atoms with E-state index in [0.717, 1.165) is 5.56 Å². The number of benzene rings is 2. The SMILES string of the molecule is CC(O)c1ccc(NC(=O)Nc2cccc(Cl)c2Cl)cc1. The summed E-state index contributed by atoms with van der Waals surface area (Å²) in [5, 5.41) is 15.4. The predicted molar refractivity (Wildman–Crippen MR) is 86.2 cm³/mol. The van der Waals surface area contributed by atoms with Crippen molar-refractivity contribution < 1.29 is 9.90 Å². The van der Waals surface area contributed by atoms with Gasteiger partial charge in [0.05, 0.1) is 21.8 Å². The summed E-state index contributed by atoms with van der Waals surface area (Å²) in [7, 11) is 0. The first-order valence-corrected chi connectivity index (χ1v) is 7.03. The van der Waals surface area contributed by atoms with E-state index in [1.165, 1.54) is 0 Å². The first kappa shape index (κ1) is 15.6. The van der Waals surface area contributed by atoms with Crippen LogP contribution in [0.1, 0.15) is 18.6 Å². The molecule has 0 heterocycles. The molecule has 2 rings (SSSR count). The molecule has 0 aromatic heterocycles. The zero-order valence-electron chi connectivity index (χ0n) is 11.2. The molecule has 0 fully saturated rings. The van der Waals surface area contributed by atoms with E-state index in [4.69, 9.17) is 23.2 Å². The van der Waals surface area contributed by atoms with Gasteiger partial charge in [-0.05, 0) is 36.8 Å². The Balaban J connectivity index is 2.03. The fourth-order valence-electron chi connectivity index (χ4n) is 1.73. The fourth-order valence-corrected chi connectivity index (χ4v) is 2.08. The molecule has 0 saturated carbocycles. The lowest BCUT2D eigenvalue weighted by Gasteiger charge is -2.10. The number of anilines is 2. The molecule has 0 saturated heterocycles. The molecule has 110 valence electrons. The number of hydrogen-bond donors (Lipinski definition) is 3. The van der Waals surface area contributed by atoms with Gasteiger partial charge in [-0.15, -0.1) is 0 Å². The number of urea groups is 1. The summed E-state index contributed by atoms with van der Waals surface area (Å²) in [5.74, 6) is 0. The van der Waals surface area contributed by atoms with Crippen LogP contribution in [0.25, 0.3) is 0 Å². The third-order valence-electron chi connectivity index (χ3n) is 2.85. The van der Waals surface area contributed by atoms with Crippen LogP contribution in [0.2, 0.25) is 10.0 Å². The number of nitrogens with one attached hydrogen (secondary N) is 2. The van der Waals surface area contributed by atoms with Crippen LogP contribution in [-0.2, 0) is 0 Å². The molecule has 2 aromatic rings.